The van der Waals surface area contributed by atoms with Crippen molar-refractivity contribution in [2.75, 3.05) is 0 Å². The molecule has 1 aromatic rings. The Morgan fingerprint density at radius 3 is 1.50 bits per heavy atom. The van der Waals surface area contributed by atoms with Gasteiger partial charge in [0.2, 0.25) is 0 Å². The molecule has 0 saturated heterocycles. The zero-order chi connectivity index (χ0) is 16.4. The maximum atomic E-state index is 12.0. The molecule has 126 valence electrons. The Balaban J connectivity index is -0.000000323. The molecule has 1 aromatic carbocycles. The third-order valence-corrected chi connectivity index (χ3v) is 3.10. The summed E-state index contributed by atoms with van der Waals surface area (Å²) in [6, 6.07) is 3.32. The smallest absolute Gasteiger partial charge is 0.870 e. The Hall–Kier alpha value is -1.09. The summed E-state index contributed by atoms with van der Waals surface area (Å²) >= 11 is 0. The second-order valence-corrected chi connectivity index (χ2v) is 5.69. The molecule has 0 bridgehead atoms. The summed E-state index contributed by atoms with van der Waals surface area (Å²) < 4.78 is 36.1. The van der Waals surface area contributed by atoms with Gasteiger partial charge < -0.3 is 21.2 Å². The first-order chi connectivity index (χ1) is 8.66. The van der Waals surface area contributed by atoms with Crippen LogP contribution in [0.15, 0.2) is 18.2 Å². The number of aryl methyl sites for hydroxylation is 1. The first-order valence-electron chi connectivity index (χ1n) is 6.04. The van der Waals surface area contributed by atoms with Crippen molar-refractivity contribution in [2.24, 2.45) is 0 Å². The molecule has 8 heteroatoms. The molecule has 0 saturated carbocycles. The quantitative estimate of drug-likeness (QED) is 0.772. The van der Waals surface area contributed by atoms with E-state index in [-0.39, 0.29) is 16.4 Å². The number of hydrogen-bond donors (Lipinski definition) is 2. The fraction of sp³-hybridized carbons (Fsp3) is 0.571. The van der Waals surface area contributed by atoms with Gasteiger partial charge in [-0.25, -0.2) is 0 Å². The Morgan fingerprint density at radius 2 is 1.27 bits per heavy atom. The van der Waals surface area contributed by atoms with E-state index in [1.807, 2.05) is 0 Å². The zero-order valence-corrected chi connectivity index (χ0v) is 13.2. The van der Waals surface area contributed by atoms with Crippen LogP contribution in [-0.2, 0) is 6.18 Å². The van der Waals surface area contributed by atoms with Crippen LogP contribution in [0.3, 0.4) is 0 Å². The van der Waals surface area contributed by atoms with Crippen LogP contribution in [0.5, 0.6) is 0 Å². The molecule has 0 aliphatic carbocycles. The van der Waals surface area contributed by atoms with Crippen molar-refractivity contribution < 1.29 is 34.3 Å². The molecule has 1 rings (SSSR count). The molecule has 0 atom stereocenters. The van der Waals surface area contributed by atoms with Gasteiger partial charge in [0.25, 0.3) is 0 Å². The van der Waals surface area contributed by atoms with E-state index >= 15 is 0 Å². The predicted molar refractivity (Wildman–Crippen MR) is 78.0 cm³/mol. The van der Waals surface area contributed by atoms with Crippen molar-refractivity contribution in [1.82, 2.24) is 0 Å². The molecule has 0 aromatic heterocycles. The zero-order valence-electron chi connectivity index (χ0n) is 13.2. The summed E-state index contributed by atoms with van der Waals surface area (Å²) in [5, 5.41) is 18.2. The molecule has 0 radical (unpaired) electrons. The average Bonchev–Trinajstić information content (AvgIpc) is 2.18. The van der Waals surface area contributed by atoms with Crippen LogP contribution >= 0.6 is 0 Å². The van der Waals surface area contributed by atoms with Crippen LogP contribution in [0, 0.1) is 6.92 Å². The van der Waals surface area contributed by atoms with E-state index in [2.05, 4.69) is 0 Å². The molecular formula is C14H22BF3O4. The summed E-state index contributed by atoms with van der Waals surface area (Å²) in [5.74, 6) is 0. The normalized spacial score (nSPS) is 11.6. The van der Waals surface area contributed by atoms with E-state index in [0.29, 0.717) is 5.56 Å². The van der Waals surface area contributed by atoms with Crippen LogP contribution in [-0.4, -0.2) is 40.2 Å². The minimum Gasteiger partial charge on any atom is -0.870 e. The standard InChI is InChI=1S/C8H6BF3.C6H14O2.2H2O/c1-5-2-3-6(4-7(5)9)8(10,11)12;1-5(2,7)6(3,4)8;;/h2-4H,1H3;7-8H,1-4H3;2*1H2/q+2;;;/p-2. The molecule has 22 heavy (non-hydrogen) atoms. The fourth-order valence-electron chi connectivity index (χ4n) is 0.817. The van der Waals surface area contributed by atoms with Crippen molar-refractivity contribution in [2.45, 2.75) is 52.0 Å². The van der Waals surface area contributed by atoms with Crippen LogP contribution in [0.2, 0.25) is 0 Å². The number of alkyl halides is 3. The molecule has 0 aliphatic heterocycles. The summed E-state index contributed by atoms with van der Waals surface area (Å²) in [5.41, 5.74) is -1.89. The van der Waals surface area contributed by atoms with E-state index in [0.717, 1.165) is 12.1 Å². The van der Waals surface area contributed by atoms with Gasteiger partial charge in [0.1, 0.15) is 0 Å². The number of hydrogen-bond acceptors (Lipinski definition) is 4. The minimum atomic E-state index is -4.30. The van der Waals surface area contributed by atoms with E-state index in [1.165, 1.54) is 6.07 Å². The number of halogens is 3. The fourth-order valence-corrected chi connectivity index (χ4v) is 0.817. The van der Waals surface area contributed by atoms with Crippen molar-refractivity contribution in [3.63, 3.8) is 0 Å². The van der Waals surface area contributed by atoms with Crippen molar-refractivity contribution in [1.29, 1.82) is 0 Å². The van der Waals surface area contributed by atoms with Gasteiger partial charge in [-0.3, -0.25) is 0 Å². The largest absolute Gasteiger partial charge is 0.870 e. The third-order valence-electron chi connectivity index (χ3n) is 3.10. The monoisotopic (exact) mass is 322 g/mol. The second kappa shape index (κ2) is 8.52. The van der Waals surface area contributed by atoms with E-state index in [9.17, 15) is 13.2 Å². The van der Waals surface area contributed by atoms with Crippen molar-refractivity contribution in [3.8, 4) is 0 Å². The Bertz CT molecular complexity index is 437. The van der Waals surface area contributed by atoms with Crippen molar-refractivity contribution in [3.05, 3.63) is 29.3 Å². The van der Waals surface area contributed by atoms with Crippen LogP contribution in [0.1, 0.15) is 38.8 Å². The topological polar surface area (TPSA) is 100 Å². The molecule has 0 amide bonds. The molecule has 0 spiro atoms. The maximum Gasteiger partial charge on any atom is -0.870 e. The molecule has 4 N–H and O–H groups in total. The first-order valence-corrected chi connectivity index (χ1v) is 6.04. The Kier molecular flexibility index (Phi) is 10.0. The number of rotatable bonds is 1. The predicted octanol–water partition coefficient (Wildman–Crippen LogP) is 1.98. The maximum absolute atomic E-state index is 12.0. The van der Waals surface area contributed by atoms with Gasteiger partial charge in [-0.1, -0.05) is 0 Å². The number of aliphatic hydroxyl groups is 2. The van der Waals surface area contributed by atoms with Crippen LogP contribution < -0.4 is 5.46 Å². The van der Waals surface area contributed by atoms with E-state index < -0.39 is 22.9 Å². The first kappa shape index (κ1) is 25.8. The van der Waals surface area contributed by atoms with Gasteiger partial charge in [0, 0.05) is 0 Å². The summed E-state index contributed by atoms with van der Waals surface area (Å²) in [4.78, 5) is 0. The molecule has 0 heterocycles. The van der Waals surface area contributed by atoms with Gasteiger partial charge in [-0.15, -0.1) is 0 Å². The molecule has 0 aliphatic rings. The van der Waals surface area contributed by atoms with E-state index in [1.54, 1.807) is 34.6 Å². The van der Waals surface area contributed by atoms with Gasteiger partial charge in [-0.2, -0.15) is 0 Å². The van der Waals surface area contributed by atoms with Gasteiger partial charge >= 0.3 is 68.9 Å². The summed E-state index contributed by atoms with van der Waals surface area (Å²) in [7, 11) is 5.32. The molecule has 4 nitrogen and oxygen atoms in total. The van der Waals surface area contributed by atoms with Gasteiger partial charge in [-0.05, 0) is 27.7 Å². The summed E-state index contributed by atoms with van der Waals surface area (Å²) in [6.07, 6.45) is -4.30. The van der Waals surface area contributed by atoms with Crippen LogP contribution in [0.25, 0.3) is 0 Å². The molecule has 0 unspecified atom stereocenters. The van der Waals surface area contributed by atoms with E-state index in [4.69, 9.17) is 18.1 Å². The van der Waals surface area contributed by atoms with Gasteiger partial charge in [0.15, 0.2) is 0 Å². The number of benzene rings is 1. The minimum absolute atomic E-state index is 0. The molecular weight excluding hydrogens is 300 g/mol. The Morgan fingerprint density at radius 1 is 0.909 bits per heavy atom. The van der Waals surface area contributed by atoms with Gasteiger partial charge in [0.05, 0.1) is 11.2 Å². The summed E-state index contributed by atoms with van der Waals surface area (Å²) in [6.45, 7) is 7.97. The Labute approximate surface area is 130 Å². The SMILES string of the molecule is CC(C)(O)C(C)(C)O.[B+2]c1cc(C(F)(F)F)ccc1C.[OH-].[OH-]. The van der Waals surface area contributed by atoms with Crippen LogP contribution in [0.4, 0.5) is 13.2 Å². The average molecular weight is 322 g/mol. The second-order valence-electron chi connectivity index (χ2n) is 5.69. The van der Waals surface area contributed by atoms with Crippen molar-refractivity contribution >= 4 is 13.3 Å². The third kappa shape index (κ3) is 8.38. The molecule has 0 fully saturated rings.